The number of piperidine rings is 1. The van der Waals surface area contributed by atoms with E-state index in [-0.39, 0.29) is 0 Å². The highest BCUT2D eigenvalue weighted by molar-refractivity contribution is 5.35. The maximum Gasteiger partial charge on any atom is 0.126 e. The zero-order valence-corrected chi connectivity index (χ0v) is 10.9. The van der Waals surface area contributed by atoms with Crippen LogP contribution in [0.1, 0.15) is 31.9 Å². The largest absolute Gasteiger partial charge is 0.370 e. The quantitative estimate of drug-likeness (QED) is 0.839. The molecule has 3 nitrogen and oxygen atoms in total. The first-order valence-electron chi connectivity index (χ1n) is 6.62. The van der Waals surface area contributed by atoms with Gasteiger partial charge in [-0.2, -0.15) is 0 Å². The number of aromatic nitrogens is 1. The van der Waals surface area contributed by atoms with Crippen molar-refractivity contribution in [3.63, 3.8) is 0 Å². The Bertz CT molecular complexity index is 356. The van der Waals surface area contributed by atoms with Crippen molar-refractivity contribution >= 4 is 5.82 Å². The summed E-state index contributed by atoms with van der Waals surface area (Å²) in [6.45, 7) is 7.68. The summed E-state index contributed by atoms with van der Waals surface area (Å²) in [5.41, 5.74) is 1.53. The average molecular weight is 233 g/mol. The van der Waals surface area contributed by atoms with Gasteiger partial charge in [-0.15, -0.1) is 0 Å². The highest BCUT2D eigenvalue weighted by atomic mass is 15.0. The summed E-state index contributed by atoms with van der Waals surface area (Å²) < 4.78 is 0. The van der Waals surface area contributed by atoms with Crippen molar-refractivity contribution in [1.82, 2.24) is 10.3 Å². The summed E-state index contributed by atoms with van der Waals surface area (Å²) in [5, 5.41) is 6.95. The summed E-state index contributed by atoms with van der Waals surface area (Å²) in [6.07, 6.45) is 3.78. The van der Waals surface area contributed by atoms with Crippen molar-refractivity contribution < 1.29 is 0 Å². The van der Waals surface area contributed by atoms with Crippen LogP contribution in [0.3, 0.4) is 0 Å². The van der Waals surface area contributed by atoms with E-state index in [0.29, 0.717) is 5.41 Å². The minimum Gasteiger partial charge on any atom is -0.370 e. The summed E-state index contributed by atoms with van der Waals surface area (Å²) in [4.78, 5) is 4.50. The van der Waals surface area contributed by atoms with Gasteiger partial charge in [-0.1, -0.05) is 13.0 Å². The first kappa shape index (κ1) is 12.4. The average Bonchev–Trinajstić information content (AvgIpc) is 2.38. The van der Waals surface area contributed by atoms with E-state index in [0.717, 1.165) is 31.1 Å². The molecule has 0 unspecified atom stereocenters. The molecular formula is C14H23N3. The Labute approximate surface area is 104 Å². The number of pyridine rings is 1. The van der Waals surface area contributed by atoms with Crippen LogP contribution in [-0.4, -0.2) is 24.6 Å². The topological polar surface area (TPSA) is 37.0 Å². The molecule has 0 aliphatic carbocycles. The highest BCUT2D eigenvalue weighted by Crippen LogP contribution is 2.32. The lowest BCUT2D eigenvalue weighted by Crippen LogP contribution is -2.40. The van der Waals surface area contributed by atoms with Crippen LogP contribution >= 0.6 is 0 Å². The monoisotopic (exact) mass is 233 g/mol. The number of aryl methyl sites for hydroxylation is 1. The van der Waals surface area contributed by atoms with Crippen LogP contribution in [0.4, 0.5) is 5.82 Å². The van der Waals surface area contributed by atoms with Crippen LogP contribution in [-0.2, 0) is 0 Å². The maximum absolute atomic E-state index is 4.50. The van der Waals surface area contributed by atoms with Crippen LogP contribution in [0.5, 0.6) is 0 Å². The van der Waals surface area contributed by atoms with Crippen molar-refractivity contribution in [2.24, 2.45) is 5.41 Å². The number of hydrogen-bond donors (Lipinski definition) is 2. The standard InChI is InChI=1S/C14H23N3/c1-3-14(7-9-15-10-8-14)11-16-13-6-4-5-12(2)17-13/h4-6,15H,3,7-11H2,1-2H3,(H,16,17). The minimum atomic E-state index is 0.455. The third-order valence-corrected chi connectivity index (χ3v) is 3.95. The van der Waals surface area contributed by atoms with Gasteiger partial charge in [0.2, 0.25) is 0 Å². The van der Waals surface area contributed by atoms with Crippen LogP contribution in [0, 0.1) is 12.3 Å². The molecule has 1 aliphatic heterocycles. The summed E-state index contributed by atoms with van der Waals surface area (Å²) in [7, 11) is 0. The molecule has 94 valence electrons. The molecule has 1 saturated heterocycles. The predicted molar refractivity (Wildman–Crippen MR) is 72.3 cm³/mol. The lowest BCUT2D eigenvalue weighted by molar-refractivity contribution is 0.210. The van der Waals surface area contributed by atoms with Gasteiger partial charge in [-0.25, -0.2) is 4.98 Å². The van der Waals surface area contributed by atoms with Crippen molar-refractivity contribution in [1.29, 1.82) is 0 Å². The zero-order chi connectivity index (χ0) is 12.1. The first-order valence-corrected chi connectivity index (χ1v) is 6.62. The second kappa shape index (κ2) is 5.50. The van der Waals surface area contributed by atoms with E-state index in [2.05, 4.69) is 34.7 Å². The Morgan fingerprint density at radius 1 is 1.35 bits per heavy atom. The molecule has 3 heteroatoms. The number of nitrogens with zero attached hydrogens (tertiary/aromatic N) is 1. The first-order chi connectivity index (χ1) is 8.24. The van der Waals surface area contributed by atoms with Gasteiger partial charge in [-0.05, 0) is 56.8 Å². The molecule has 0 radical (unpaired) electrons. The van der Waals surface area contributed by atoms with E-state index < -0.39 is 0 Å². The predicted octanol–water partition coefficient (Wildman–Crippen LogP) is 2.58. The smallest absolute Gasteiger partial charge is 0.126 e. The second-order valence-corrected chi connectivity index (χ2v) is 5.12. The van der Waals surface area contributed by atoms with Gasteiger partial charge < -0.3 is 10.6 Å². The van der Waals surface area contributed by atoms with Gasteiger partial charge in [0.05, 0.1) is 0 Å². The summed E-state index contributed by atoms with van der Waals surface area (Å²) in [6, 6.07) is 6.15. The molecule has 0 amide bonds. The molecule has 0 atom stereocenters. The molecule has 0 spiro atoms. The summed E-state index contributed by atoms with van der Waals surface area (Å²) >= 11 is 0. The molecule has 2 heterocycles. The zero-order valence-electron chi connectivity index (χ0n) is 10.9. The third-order valence-electron chi connectivity index (χ3n) is 3.95. The number of nitrogens with one attached hydrogen (secondary N) is 2. The Kier molecular flexibility index (Phi) is 4.00. The van der Waals surface area contributed by atoms with Crippen LogP contribution in [0.2, 0.25) is 0 Å². The molecule has 0 saturated carbocycles. The molecule has 2 rings (SSSR count). The van der Waals surface area contributed by atoms with Crippen molar-refractivity contribution in [2.75, 3.05) is 25.0 Å². The van der Waals surface area contributed by atoms with Crippen molar-refractivity contribution in [3.05, 3.63) is 23.9 Å². The fourth-order valence-electron chi connectivity index (χ4n) is 2.53. The minimum absolute atomic E-state index is 0.455. The second-order valence-electron chi connectivity index (χ2n) is 5.12. The van der Waals surface area contributed by atoms with E-state index in [9.17, 15) is 0 Å². The Hall–Kier alpha value is -1.09. The van der Waals surface area contributed by atoms with E-state index in [1.54, 1.807) is 0 Å². The van der Waals surface area contributed by atoms with Gasteiger partial charge in [0.1, 0.15) is 5.82 Å². The molecular weight excluding hydrogens is 210 g/mol. The van der Waals surface area contributed by atoms with Gasteiger partial charge in [-0.3, -0.25) is 0 Å². The molecule has 0 aromatic carbocycles. The Balaban J connectivity index is 1.95. The Morgan fingerprint density at radius 3 is 2.76 bits per heavy atom. The van der Waals surface area contributed by atoms with Crippen molar-refractivity contribution in [3.8, 4) is 0 Å². The van der Waals surface area contributed by atoms with Gasteiger partial charge in [0.15, 0.2) is 0 Å². The normalized spacial score (nSPS) is 18.9. The van der Waals surface area contributed by atoms with Crippen LogP contribution < -0.4 is 10.6 Å². The SMILES string of the molecule is CCC1(CNc2cccc(C)n2)CCNCC1. The van der Waals surface area contributed by atoms with Crippen LogP contribution in [0.25, 0.3) is 0 Å². The van der Waals surface area contributed by atoms with Crippen LogP contribution in [0.15, 0.2) is 18.2 Å². The third kappa shape index (κ3) is 3.19. The molecule has 1 fully saturated rings. The van der Waals surface area contributed by atoms with Crippen molar-refractivity contribution in [2.45, 2.75) is 33.1 Å². The number of anilines is 1. The molecule has 0 bridgehead atoms. The number of rotatable bonds is 4. The Morgan fingerprint density at radius 2 is 2.12 bits per heavy atom. The van der Waals surface area contributed by atoms with Gasteiger partial charge >= 0.3 is 0 Å². The lowest BCUT2D eigenvalue weighted by atomic mass is 9.76. The van der Waals surface area contributed by atoms with Gasteiger partial charge in [0, 0.05) is 12.2 Å². The number of hydrogen-bond acceptors (Lipinski definition) is 3. The van der Waals surface area contributed by atoms with E-state index in [1.165, 1.54) is 19.3 Å². The molecule has 1 aromatic rings. The fourth-order valence-corrected chi connectivity index (χ4v) is 2.53. The molecule has 17 heavy (non-hydrogen) atoms. The van der Waals surface area contributed by atoms with Gasteiger partial charge in [0.25, 0.3) is 0 Å². The molecule has 2 N–H and O–H groups in total. The maximum atomic E-state index is 4.50. The van der Waals surface area contributed by atoms with E-state index in [4.69, 9.17) is 0 Å². The highest BCUT2D eigenvalue weighted by Gasteiger charge is 2.29. The fraction of sp³-hybridized carbons (Fsp3) is 0.643. The lowest BCUT2D eigenvalue weighted by Gasteiger charge is -2.37. The summed E-state index contributed by atoms with van der Waals surface area (Å²) in [5.74, 6) is 1.01. The van der Waals surface area contributed by atoms with E-state index in [1.807, 2.05) is 13.0 Å². The van der Waals surface area contributed by atoms with E-state index >= 15 is 0 Å². The molecule has 1 aromatic heterocycles. The molecule has 1 aliphatic rings.